The summed E-state index contributed by atoms with van der Waals surface area (Å²) in [5, 5.41) is 8.07. The number of carbonyl (C=O) groups is 3. The molecule has 0 saturated carbocycles. The molecule has 0 aromatic heterocycles. The molecule has 0 bridgehead atoms. The zero-order valence-corrected chi connectivity index (χ0v) is 13.9. The number of anilines is 3. The van der Waals surface area contributed by atoms with Gasteiger partial charge in [-0.25, -0.2) is 0 Å². The zero-order chi connectivity index (χ0) is 17.7. The number of benzene rings is 2. The molecule has 0 aliphatic rings. The molecule has 0 radical (unpaired) electrons. The van der Waals surface area contributed by atoms with Crippen molar-refractivity contribution in [3.05, 3.63) is 53.1 Å². The Labute approximate surface area is 144 Å². The van der Waals surface area contributed by atoms with Crippen LogP contribution in [0.15, 0.2) is 42.5 Å². The van der Waals surface area contributed by atoms with Crippen molar-refractivity contribution in [2.75, 3.05) is 16.0 Å². The Kier molecular flexibility index (Phi) is 5.55. The fourth-order valence-corrected chi connectivity index (χ4v) is 2.11. The van der Waals surface area contributed by atoms with Gasteiger partial charge in [-0.05, 0) is 48.9 Å². The molecule has 2 aromatic rings. The maximum Gasteiger partial charge on any atom is 0.314 e. The van der Waals surface area contributed by atoms with E-state index in [1.807, 2.05) is 0 Å². The van der Waals surface area contributed by atoms with Crippen LogP contribution in [0.5, 0.6) is 0 Å². The maximum absolute atomic E-state index is 12.0. The van der Waals surface area contributed by atoms with E-state index in [4.69, 9.17) is 11.6 Å². The largest absolute Gasteiger partial charge is 0.326 e. The van der Waals surface area contributed by atoms with Crippen molar-refractivity contribution in [2.45, 2.75) is 13.8 Å². The molecule has 0 saturated heterocycles. The van der Waals surface area contributed by atoms with Gasteiger partial charge in [0.05, 0.1) is 0 Å². The van der Waals surface area contributed by atoms with Crippen molar-refractivity contribution < 1.29 is 14.4 Å². The molecule has 6 nitrogen and oxygen atoms in total. The summed E-state index contributed by atoms with van der Waals surface area (Å²) in [6, 6.07) is 11.4. The van der Waals surface area contributed by atoms with E-state index in [0.29, 0.717) is 22.1 Å². The van der Waals surface area contributed by atoms with E-state index in [-0.39, 0.29) is 5.91 Å². The average Bonchev–Trinajstić information content (AvgIpc) is 2.52. The maximum atomic E-state index is 12.0. The molecule has 0 unspecified atom stereocenters. The first-order valence-electron chi connectivity index (χ1n) is 7.11. The lowest BCUT2D eigenvalue weighted by molar-refractivity contribution is -0.133. The summed E-state index contributed by atoms with van der Waals surface area (Å²) in [4.78, 5) is 34.9. The van der Waals surface area contributed by atoms with Crippen LogP contribution in [0.4, 0.5) is 17.1 Å². The molecule has 0 spiro atoms. The summed E-state index contributed by atoms with van der Waals surface area (Å²) in [5.74, 6) is -1.80. The predicted molar refractivity (Wildman–Crippen MR) is 94.2 cm³/mol. The Morgan fingerprint density at radius 2 is 1.38 bits per heavy atom. The van der Waals surface area contributed by atoms with Gasteiger partial charge in [0.25, 0.3) is 0 Å². The van der Waals surface area contributed by atoms with Crippen molar-refractivity contribution >= 4 is 46.4 Å². The van der Waals surface area contributed by atoms with Crippen molar-refractivity contribution in [3.63, 3.8) is 0 Å². The van der Waals surface area contributed by atoms with Crippen molar-refractivity contribution in [1.82, 2.24) is 0 Å². The lowest BCUT2D eigenvalue weighted by atomic mass is 10.2. The third-order valence-corrected chi connectivity index (χ3v) is 3.35. The second-order valence-corrected chi connectivity index (χ2v) is 5.56. The summed E-state index contributed by atoms with van der Waals surface area (Å²) in [6.07, 6.45) is 0. The molecule has 3 amide bonds. The number of hydrogen-bond donors (Lipinski definition) is 3. The first-order valence-corrected chi connectivity index (χ1v) is 7.49. The normalized spacial score (nSPS) is 9.96. The Balaban J connectivity index is 1.99. The average molecular weight is 346 g/mol. The van der Waals surface area contributed by atoms with Gasteiger partial charge in [0.2, 0.25) is 5.91 Å². The molecule has 0 atom stereocenters. The lowest BCUT2D eigenvalue weighted by Gasteiger charge is -2.09. The lowest BCUT2D eigenvalue weighted by Crippen LogP contribution is -2.29. The number of nitrogens with one attached hydrogen (secondary N) is 3. The van der Waals surface area contributed by atoms with Gasteiger partial charge in [0.1, 0.15) is 0 Å². The molecule has 0 aliphatic heterocycles. The highest BCUT2D eigenvalue weighted by atomic mass is 35.5. The first kappa shape index (κ1) is 17.5. The van der Waals surface area contributed by atoms with Crippen LogP contribution in [0.25, 0.3) is 0 Å². The van der Waals surface area contributed by atoms with E-state index in [1.165, 1.54) is 6.92 Å². The SMILES string of the molecule is CC(=O)Nc1ccc(NC(=O)C(=O)Nc2cc(Cl)ccc2C)cc1. The van der Waals surface area contributed by atoms with Crippen molar-refractivity contribution in [1.29, 1.82) is 0 Å². The highest BCUT2D eigenvalue weighted by Crippen LogP contribution is 2.20. The highest BCUT2D eigenvalue weighted by Gasteiger charge is 2.15. The Morgan fingerprint density at radius 1 is 0.833 bits per heavy atom. The van der Waals surface area contributed by atoms with Gasteiger partial charge in [-0.1, -0.05) is 17.7 Å². The quantitative estimate of drug-likeness (QED) is 0.746. The van der Waals surface area contributed by atoms with Gasteiger partial charge in [0.15, 0.2) is 0 Å². The Morgan fingerprint density at radius 3 is 1.96 bits per heavy atom. The number of carbonyl (C=O) groups excluding carboxylic acids is 3. The first-order chi connectivity index (χ1) is 11.3. The highest BCUT2D eigenvalue weighted by molar-refractivity contribution is 6.43. The van der Waals surface area contributed by atoms with Gasteiger partial charge in [-0.2, -0.15) is 0 Å². The number of rotatable bonds is 3. The predicted octanol–water partition coefficient (Wildman–Crippen LogP) is 3.18. The molecular formula is C17H16ClN3O3. The molecular weight excluding hydrogens is 330 g/mol. The fourth-order valence-electron chi connectivity index (χ4n) is 1.94. The third-order valence-electron chi connectivity index (χ3n) is 3.12. The van der Waals surface area contributed by atoms with E-state index < -0.39 is 11.8 Å². The van der Waals surface area contributed by atoms with Gasteiger partial charge in [-0.15, -0.1) is 0 Å². The zero-order valence-electron chi connectivity index (χ0n) is 13.1. The topological polar surface area (TPSA) is 87.3 Å². The van der Waals surface area contributed by atoms with E-state index in [2.05, 4.69) is 16.0 Å². The minimum absolute atomic E-state index is 0.192. The van der Waals surface area contributed by atoms with E-state index in [0.717, 1.165) is 5.56 Å². The summed E-state index contributed by atoms with van der Waals surface area (Å²) in [7, 11) is 0. The van der Waals surface area contributed by atoms with E-state index in [9.17, 15) is 14.4 Å². The molecule has 0 aliphatic carbocycles. The molecule has 0 heterocycles. The van der Waals surface area contributed by atoms with Crippen LogP contribution in [0.1, 0.15) is 12.5 Å². The van der Waals surface area contributed by atoms with Crippen LogP contribution in [-0.2, 0) is 14.4 Å². The van der Waals surface area contributed by atoms with Gasteiger partial charge in [-0.3, -0.25) is 14.4 Å². The van der Waals surface area contributed by atoms with E-state index in [1.54, 1.807) is 49.4 Å². The van der Waals surface area contributed by atoms with Gasteiger partial charge >= 0.3 is 11.8 Å². The molecule has 7 heteroatoms. The minimum Gasteiger partial charge on any atom is -0.326 e. The number of aryl methyl sites for hydroxylation is 1. The van der Waals surface area contributed by atoms with Crippen LogP contribution < -0.4 is 16.0 Å². The van der Waals surface area contributed by atoms with Crippen LogP contribution in [0, 0.1) is 6.92 Å². The summed E-state index contributed by atoms with van der Waals surface area (Å²) in [5.41, 5.74) is 2.30. The van der Waals surface area contributed by atoms with Crippen molar-refractivity contribution in [2.24, 2.45) is 0 Å². The molecule has 3 N–H and O–H groups in total. The Bertz CT molecular complexity index is 788. The van der Waals surface area contributed by atoms with Gasteiger partial charge < -0.3 is 16.0 Å². The second-order valence-electron chi connectivity index (χ2n) is 5.13. The number of amides is 3. The molecule has 24 heavy (non-hydrogen) atoms. The number of hydrogen-bond acceptors (Lipinski definition) is 3. The summed E-state index contributed by atoms with van der Waals surface area (Å²) >= 11 is 5.88. The smallest absolute Gasteiger partial charge is 0.314 e. The van der Waals surface area contributed by atoms with Crippen LogP contribution in [0.2, 0.25) is 5.02 Å². The molecule has 2 rings (SSSR count). The molecule has 0 fully saturated rings. The monoisotopic (exact) mass is 345 g/mol. The van der Waals surface area contributed by atoms with E-state index >= 15 is 0 Å². The molecule has 2 aromatic carbocycles. The van der Waals surface area contributed by atoms with Gasteiger partial charge in [0, 0.05) is 29.0 Å². The minimum atomic E-state index is -0.804. The summed E-state index contributed by atoms with van der Waals surface area (Å²) < 4.78 is 0. The fraction of sp³-hybridized carbons (Fsp3) is 0.118. The third kappa shape index (κ3) is 4.82. The van der Waals surface area contributed by atoms with Crippen molar-refractivity contribution in [3.8, 4) is 0 Å². The second kappa shape index (κ2) is 7.61. The summed E-state index contributed by atoms with van der Waals surface area (Å²) in [6.45, 7) is 3.20. The van der Waals surface area contributed by atoms with Crippen LogP contribution in [-0.4, -0.2) is 17.7 Å². The number of halogens is 1. The van der Waals surface area contributed by atoms with Crippen LogP contribution >= 0.6 is 11.6 Å². The molecule has 124 valence electrons. The Hall–Kier alpha value is -2.86. The van der Waals surface area contributed by atoms with Crippen LogP contribution in [0.3, 0.4) is 0 Å². The standard InChI is InChI=1S/C17H16ClN3O3/c1-10-3-4-12(18)9-15(10)21-17(24)16(23)20-14-7-5-13(6-8-14)19-11(2)22/h3-9H,1-2H3,(H,19,22)(H,20,23)(H,21,24).